The molecular weight excluding hydrogens is 370 g/mol. The molecule has 7 heteroatoms. The van der Waals surface area contributed by atoms with E-state index in [1.54, 1.807) is 0 Å². The fourth-order valence-corrected chi connectivity index (χ4v) is 4.37. The smallest absolute Gasteiger partial charge is 0.251 e. The Morgan fingerprint density at radius 2 is 2.03 bits per heavy atom. The second-order valence-corrected chi connectivity index (χ2v) is 8.01. The third-order valence-corrected chi connectivity index (χ3v) is 5.91. The predicted molar refractivity (Wildman–Crippen MR) is 107 cm³/mol. The summed E-state index contributed by atoms with van der Waals surface area (Å²) in [5.41, 5.74) is 5.29. The Labute approximate surface area is 170 Å². The molecular formula is C22H27N3O4. The number of aryl methyl sites for hydroxylation is 2. The van der Waals surface area contributed by atoms with E-state index in [-0.39, 0.29) is 18.1 Å². The number of benzene rings is 1. The van der Waals surface area contributed by atoms with Crippen LogP contribution in [0.5, 0.6) is 0 Å². The zero-order chi connectivity index (χ0) is 19.6. The third kappa shape index (κ3) is 4.08. The Hall–Kier alpha value is -2.22. The second-order valence-electron chi connectivity index (χ2n) is 8.01. The van der Waals surface area contributed by atoms with Gasteiger partial charge < -0.3 is 19.5 Å². The Morgan fingerprint density at radius 3 is 2.86 bits per heavy atom. The molecule has 1 N–H and O–H groups in total. The summed E-state index contributed by atoms with van der Waals surface area (Å²) in [6, 6.07) is 5.95. The molecule has 1 amide bonds. The first-order valence-electron chi connectivity index (χ1n) is 10.5. The van der Waals surface area contributed by atoms with Gasteiger partial charge in [0.05, 0.1) is 38.2 Å². The number of rotatable bonds is 5. The quantitative estimate of drug-likeness (QED) is 0.835. The lowest BCUT2D eigenvalue weighted by Crippen LogP contribution is -2.32. The third-order valence-electron chi connectivity index (χ3n) is 5.91. The lowest BCUT2D eigenvalue weighted by Gasteiger charge is -2.22. The van der Waals surface area contributed by atoms with Crippen molar-refractivity contribution in [2.45, 2.75) is 44.4 Å². The molecule has 1 aromatic carbocycles. The summed E-state index contributed by atoms with van der Waals surface area (Å²) in [5, 5.41) is 7.82. The lowest BCUT2D eigenvalue weighted by molar-refractivity contribution is -0.0946. The van der Waals surface area contributed by atoms with Gasteiger partial charge in [0.15, 0.2) is 0 Å². The van der Waals surface area contributed by atoms with Crippen LogP contribution in [0.25, 0.3) is 11.3 Å². The van der Waals surface area contributed by atoms with E-state index in [0.29, 0.717) is 38.5 Å². The number of hydrogen-bond donors (Lipinski definition) is 1. The molecule has 0 bridgehead atoms. The van der Waals surface area contributed by atoms with Gasteiger partial charge in [0.2, 0.25) is 0 Å². The minimum absolute atomic E-state index is 0.0333. The number of fused-ring (bicyclic) bond motifs is 3. The summed E-state index contributed by atoms with van der Waals surface area (Å²) < 4.78 is 18.8. The number of ether oxygens (including phenoxy) is 3. The maximum Gasteiger partial charge on any atom is 0.251 e. The fourth-order valence-electron chi connectivity index (χ4n) is 4.37. The first kappa shape index (κ1) is 18.8. The van der Waals surface area contributed by atoms with Crippen LogP contribution < -0.4 is 5.32 Å². The van der Waals surface area contributed by atoms with E-state index in [1.807, 2.05) is 22.9 Å². The van der Waals surface area contributed by atoms with Crippen LogP contribution >= 0.6 is 0 Å². The van der Waals surface area contributed by atoms with Crippen LogP contribution in [-0.2, 0) is 33.6 Å². The number of aromatic nitrogens is 2. The number of amides is 1. The van der Waals surface area contributed by atoms with E-state index in [1.165, 1.54) is 11.1 Å². The van der Waals surface area contributed by atoms with Crippen molar-refractivity contribution in [3.63, 3.8) is 0 Å². The predicted octanol–water partition coefficient (Wildman–Crippen LogP) is 1.97. The molecule has 2 aromatic rings. The van der Waals surface area contributed by atoms with Crippen LogP contribution in [0.4, 0.5) is 0 Å². The van der Waals surface area contributed by atoms with Crippen molar-refractivity contribution in [3.05, 3.63) is 41.1 Å². The number of nitrogens with zero attached hydrogens (tertiary/aromatic N) is 2. The molecule has 2 saturated heterocycles. The first-order chi connectivity index (χ1) is 14.3. The summed E-state index contributed by atoms with van der Waals surface area (Å²) in [5.74, 6) is -0.0333. The molecule has 3 heterocycles. The van der Waals surface area contributed by atoms with Gasteiger partial charge in [0.25, 0.3) is 5.91 Å². The number of carbonyl (C=O) groups excluding carboxylic acids is 1. The monoisotopic (exact) mass is 397 g/mol. The molecule has 2 atom stereocenters. The molecule has 2 aliphatic heterocycles. The molecule has 3 aliphatic rings. The van der Waals surface area contributed by atoms with E-state index in [2.05, 4.69) is 11.5 Å². The van der Waals surface area contributed by atoms with E-state index in [0.717, 1.165) is 43.5 Å². The van der Waals surface area contributed by atoms with Crippen LogP contribution in [0.15, 0.2) is 24.4 Å². The van der Waals surface area contributed by atoms with Crippen LogP contribution in [-0.4, -0.2) is 60.9 Å². The lowest BCUT2D eigenvalue weighted by atomic mass is 9.89. The highest BCUT2D eigenvalue weighted by Crippen LogP contribution is 2.33. The summed E-state index contributed by atoms with van der Waals surface area (Å²) in [6.07, 6.45) is 6.29. The second kappa shape index (κ2) is 8.26. The Kier molecular flexibility index (Phi) is 5.35. The highest BCUT2D eigenvalue weighted by Gasteiger charge is 2.23. The molecule has 5 rings (SSSR count). The highest BCUT2D eigenvalue weighted by atomic mass is 16.6. The summed E-state index contributed by atoms with van der Waals surface area (Å²) in [4.78, 5) is 12.5. The van der Waals surface area contributed by atoms with Gasteiger partial charge in [-0.3, -0.25) is 9.48 Å². The molecule has 2 fully saturated rings. The van der Waals surface area contributed by atoms with Crippen molar-refractivity contribution >= 4 is 5.91 Å². The van der Waals surface area contributed by atoms with Crippen LogP contribution in [0.2, 0.25) is 0 Å². The van der Waals surface area contributed by atoms with Gasteiger partial charge in [-0.15, -0.1) is 0 Å². The van der Waals surface area contributed by atoms with Gasteiger partial charge in [0.1, 0.15) is 6.10 Å². The molecule has 29 heavy (non-hydrogen) atoms. The maximum absolute atomic E-state index is 12.5. The average molecular weight is 397 g/mol. The maximum atomic E-state index is 12.5. The van der Waals surface area contributed by atoms with Crippen molar-refractivity contribution in [1.29, 1.82) is 0 Å². The van der Waals surface area contributed by atoms with Crippen molar-refractivity contribution in [1.82, 2.24) is 15.1 Å². The fraction of sp³-hybridized carbons (Fsp3) is 0.545. The zero-order valence-electron chi connectivity index (χ0n) is 16.6. The van der Waals surface area contributed by atoms with Gasteiger partial charge in [0, 0.05) is 30.5 Å². The normalized spacial score (nSPS) is 23.4. The largest absolute Gasteiger partial charge is 0.376 e. The Bertz CT molecular complexity index is 882. The molecule has 0 unspecified atom stereocenters. The molecule has 154 valence electrons. The first-order valence-corrected chi connectivity index (χ1v) is 10.5. The average Bonchev–Trinajstić information content (AvgIpc) is 3.42. The van der Waals surface area contributed by atoms with Crippen molar-refractivity contribution in [2.75, 3.05) is 33.0 Å². The molecule has 1 aromatic heterocycles. The van der Waals surface area contributed by atoms with Gasteiger partial charge in [-0.25, -0.2) is 0 Å². The topological polar surface area (TPSA) is 74.6 Å². The number of carbonyl (C=O) groups is 1. The van der Waals surface area contributed by atoms with Crippen molar-refractivity contribution in [3.8, 4) is 11.3 Å². The standard InChI is InChI=1S/C22H27N3O4/c26-22(23-11-18-2-1-7-28-18)16-5-6-20-15(10-16)3-4-17-12-25(24-21(17)20)13-19-14-27-8-9-29-19/h5-6,10,12,18-19H,1-4,7-9,11,13-14H2,(H,23,26)/t18-,19+/m1/s1. The Morgan fingerprint density at radius 1 is 1.14 bits per heavy atom. The highest BCUT2D eigenvalue weighted by molar-refractivity contribution is 5.95. The van der Waals surface area contributed by atoms with Gasteiger partial charge in [-0.1, -0.05) is 6.07 Å². The van der Waals surface area contributed by atoms with Crippen molar-refractivity contribution < 1.29 is 19.0 Å². The molecule has 0 spiro atoms. The number of nitrogens with one attached hydrogen (secondary N) is 1. The minimum atomic E-state index is -0.0333. The minimum Gasteiger partial charge on any atom is -0.376 e. The molecule has 7 nitrogen and oxygen atoms in total. The summed E-state index contributed by atoms with van der Waals surface area (Å²) in [7, 11) is 0. The van der Waals surface area contributed by atoms with Crippen LogP contribution in [0.3, 0.4) is 0 Å². The van der Waals surface area contributed by atoms with E-state index >= 15 is 0 Å². The number of hydrogen-bond acceptors (Lipinski definition) is 5. The van der Waals surface area contributed by atoms with Gasteiger partial charge in [-0.2, -0.15) is 5.10 Å². The molecule has 1 aliphatic carbocycles. The van der Waals surface area contributed by atoms with Crippen molar-refractivity contribution in [2.24, 2.45) is 0 Å². The van der Waals surface area contributed by atoms with Crippen LogP contribution in [0.1, 0.15) is 34.3 Å². The van der Waals surface area contributed by atoms with E-state index < -0.39 is 0 Å². The van der Waals surface area contributed by atoms with E-state index in [4.69, 9.17) is 19.3 Å². The molecule has 0 radical (unpaired) electrons. The van der Waals surface area contributed by atoms with Crippen LogP contribution in [0, 0.1) is 0 Å². The Balaban J connectivity index is 1.29. The molecule has 0 saturated carbocycles. The zero-order valence-corrected chi connectivity index (χ0v) is 16.6. The van der Waals surface area contributed by atoms with E-state index in [9.17, 15) is 4.79 Å². The summed E-state index contributed by atoms with van der Waals surface area (Å²) >= 11 is 0. The van der Waals surface area contributed by atoms with Gasteiger partial charge >= 0.3 is 0 Å². The SMILES string of the molecule is O=C(NC[C@H]1CCCO1)c1ccc2c(c1)CCc1cn(C[C@H]3COCCO3)nc1-2. The van der Waals surface area contributed by atoms with Gasteiger partial charge in [-0.05, 0) is 48.9 Å². The summed E-state index contributed by atoms with van der Waals surface area (Å²) in [6.45, 7) is 4.01.